The average molecular weight is 422 g/mol. The van der Waals surface area contributed by atoms with E-state index in [-0.39, 0.29) is 24.8 Å². The zero-order valence-corrected chi connectivity index (χ0v) is 14.8. The summed E-state index contributed by atoms with van der Waals surface area (Å²) < 4.78 is 3.39. The van der Waals surface area contributed by atoms with E-state index in [9.17, 15) is 0 Å². The Bertz CT molecular complexity index is 242. The van der Waals surface area contributed by atoms with E-state index in [4.69, 9.17) is 0 Å². The summed E-state index contributed by atoms with van der Waals surface area (Å²) in [4.78, 5) is 0. The summed E-state index contributed by atoms with van der Waals surface area (Å²) in [5.41, 5.74) is 2.69. The largest absolute Gasteiger partial charge is 1.00 e. The van der Waals surface area contributed by atoms with Crippen LogP contribution in [0.1, 0.15) is 26.7 Å². The van der Waals surface area contributed by atoms with Crippen LogP contribution in [-0.4, -0.2) is 4.26 Å². The molecule has 2 rings (SSSR count). The Labute approximate surface area is 126 Å². The SMILES string of the molecule is CC1=CC[C-]=C1.CC1=CC[C-]=C1.[CH2]=[Hf+2].[Cl-].[Cl-]. The number of hydrogen-bond donors (Lipinski definition) is 0. The molecule has 0 fully saturated rings. The summed E-state index contributed by atoms with van der Waals surface area (Å²) in [7, 11) is 0. The second kappa shape index (κ2) is 15.3. The van der Waals surface area contributed by atoms with Gasteiger partial charge in [-0.15, -0.1) is 26.7 Å². The molecule has 0 bridgehead atoms. The van der Waals surface area contributed by atoms with E-state index < -0.39 is 0 Å². The van der Waals surface area contributed by atoms with Crippen molar-refractivity contribution < 1.29 is 48.7 Å². The summed E-state index contributed by atoms with van der Waals surface area (Å²) in [5, 5.41) is 0. The van der Waals surface area contributed by atoms with Crippen LogP contribution in [0.3, 0.4) is 0 Å². The molecule has 0 N–H and O–H groups in total. The summed E-state index contributed by atoms with van der Waals surface area (Å²) in [5.74, 6) is 0. The molecule has 0 atom stereocenters. The maximum Gasteiger partial charge on any atom is -1.00 e. The Hall–Kier alpha value is 0.280. The Morgan fingerprint density at radius 3 is 1.31 bits per heavy atom. The quantitative estimate of drug-likeness (QED) is 0.297. The van der Waals surface area contributed by atoms with Gasteiger partial charge in [-0.25, -0.2) is 23.3 Å². The molecule has 0 saturated heterocycles. The molecule has 2 aliphatic carbocycles. The van der Waals surface area contributed by atoms with E-state index in [1.54, 1.807) is 0 Å². The van der Waals surface area contributed by atoms with Crippen LogP contribution >= 0.6 is 0 Å². The third-order valence-electron chi connectivity index (χ3n) is 1.74. The monoisotopic (exact) mass is 422 g/mol. The minimum absolute atomic E-state index is 0. The molecule has 0 amide bonds. The van der Waals surface area contributed by atoms with Crippen LogP contribution in [0, 0.1) is 12.2 Å². The van der Waals surface area contributed by atoms with Crippen LogP contribution in [0.2, 0.25) is 0 Å². The van der Waals surface area contributed by atoms with Gasteiger partial charge in [0.15, 0.2) is 0 Å². The van der Waals surface area contributed by atoms with Gasteiger partial charge in [0.1, 0.15) is 0 Å². The molecule has 0 saturated carbocycles. The van der Waals surface area contributed by atoms with Crippen molar-refractivity contribution in [3.63, 3.8) is 0 Å². The fraction of sp³-hybridized carbons (Fsp3) is 0.308. The molecule has 0 aromatic carbocycles. The van der Waals surface area contributed by atoms with Crippen molar-refractivity contribution in [1.82, 2.24) is 0 Å². The summed E-state index contributed by atoms with van der Waals surface area (Å²) in [6.45, 7) is 4.17. The fourth-order valence-electron chi connectivity index (χ4n) is 0.998. The molecule has 2 aliphatic rings. The molecule has 0 spiro atoms. The zero-order valence-electron chi connectivity index (χ0n) is 9.69. The summed E-state index contributed by atoms with van der Waals surface area (Å²) in [6.07, 6.45) is 16.5. The Balaban J connectivity index is -0.000000165. The second-order valence-corrected chi connectivity index (χ2v) is 3.00. The average Bonchev–Trinajstić information content (AvgIpc) is 2.83. The van der Waals surface area contributed by atoms with Crippen LogP contribution in [0.15, 0.2) is 35.5 Å². The van der Waals surface area contributed by atoms with Gasteiger partial charge in [-0.3, -0.25) is 12.2 Å². The smallest absolute Gasteiger partial charge is 1.00 e. The molecule has 0 aromatic rings. The molecule has 0 nitrogen and oxygen atoms in total. The molecule has 0 heterocycles. The maximum atomic E-state index is 3.39. The predicted molar refractivity (Wildman–Crippen MR) is 59.5 cm³/mol. The van der Waals surface area contributed by atoms with Gasteiger partial charge in [0.25, 0.3) is 0 Å². The van der Waals surface area contributed by atoms with Crippen molar-refractivity contribution in [2.45, 2.75) is 26.7 Å². The van der Waals surface area contributed by atoms with Crippen molar-refractivity contribution in [1.29, 1.82) is 0 Å². The maximum absolute atomic E-state index is 3.39. The van der Waals surface area contributed by atoms with Gasteiger partial charge < -0.3 is 24.8 Å². The summed E-state index contributed by atoms with van der Waals surface area (Å²) in [6, 6.07) is 0. The summed E-state index contributed by atoms with van der Waals surface area (Å²) >= 11 is 1.06. The van der Waals surface area contributed by atoms with Gasteiger partial charge in [-0.2, -0.15) is 12.2 Å². The third-order valence-corrected chi connectivity index (χ3v) is 1.74. The topological polar surface area (TPSA) is 0 Å². The standard InChI is InChI=1S/2C6H7.CH2.2ClH.Hf/c2*1-6-4-2-3-5-6;;;;/h2*4-5H,2H2,1H3;1H2;2*1H;/q2*-1;;;;+2/p-2. The minimum Gasteiger partial charge on any atom is -1.00 e. The van der Waals surface area contributed by atoms with E-state index in [0.29, 0.717) is 0 Å². The van der Waals surface area contributed by atoms with Gasteiger partial charge in [0, 0.05) is 0 Å². The van der Waals surface area contributed by atoms with Crippen molar-refractivity contribution in [3.05, 3.63) is 47.6 Å². The molecule has 16 heavy (non-hydrogen) atoms. The van der Waals surface area contributed by atoms with Crippen molar-refractivity contribution in [2.75, 3.05) is 0 Å². The third kappa shape index (κ3) is 12.4. The van der Waals surface area contributed by atoms with Crippen LogP contribution in [0.4, 0.5) is 0 Å². The van der Waals surface area contributed by atoms with Crippen LogP contribution in [0.5, 0.6) is 0 Å². The van der Waals surface area contributed by atoms with E-state index in [1.165, 1.54) is 11.1 Å². The Morgan fingerprint density at radius 2 is 1.25 bits per heavy atom. The first kappa shape index (κ1) is 21.6. The number of hydrogen-bond acceptors (Lipinski definition) is 0. The van der Waals surface area contributed by atoms with Crippen molar-refractivity contribution >= 4 is 4.26 Å². The van der Waals surface area contributed by atoms with E-state index in [2.05, 4.69) is 42.4 Å². The van der Waals surface area contributed by atoms with E-state index in [0.717, 1.165) is 36.7 Å². The fourth-order valence-corrected chi connectivity index (χ4v) is 0.998. The molecular weight excluding hydrogens is 406 g/mol. The van der Waals surface area contributed by atoms with E-state index >= 15 is 0 Å². The zero-order chi connectivity index (χ0) is 10.8. The molecule has 0 radical (unpaired) electrons. The molecular formula is C13H16Cl2Hf-2. The molecule has 0 unspecified atom stereocenters. The van der Waals surface area contributed by atoms with Crippen molar-refractivity contribution in [2.24, 2.45) is 0 Å². The van der Waals surface area contributed by atoms with Gasteiger partial charge in [0.2, 0.25) is 0 Å². The second-order valence-electron chi connectivity index (χ2n) is 3.00. The van der Waals surface area contributed by atoms with E-state index in [1.807, 2.05) is 12.2 Å². The van der Waals surface area contributed by atoms with Crippen LogP contribution in [-0.2, 0) is 23.9 Å². The minimum atomic E-state index is 0. The number of rotatable bonds is 0. The Kier molecular flexibility index (Phi) is 20.6. The molecule has 88 valence electrons. The first-order chi connectivity index (χ1) is 6.79. The molecule has 0 aliphatic heterocycles. The van der Waals surface area contributed by atoms with Gasteiger partial charge >= 0.3 is 28.2 Å². The van der Waals surface area contributed by atoms with Gasteiger partial charge in [-0.05, 0) is 0 Å². The Morgan fingerprint density at radius 1 is 0.938 bits per heavy atom. The first-order valence-electron chi connectivity index (χ1n) is 4.61. The van der Waals surface area contributed by atoms with Crippen LogP contribution < -0.4 is 24.8 Å². The normalized spacial score (nSPS) is 14.2. The number of allylic oxidation sites excluding steroid dienone is 8. The first-order valence-corrected chi connectivity index (χ1v) is 7.15. The molecule has 0 aromatic heterocycles. The molecule has 3 heteroatoms. The van der Waals surface area contributed by atoms with Crippen LogP contribution in [0.25, 0.3) is 0 Å². The van der Waals surface area contributed by atoms with Crippen molar-refractivity contribution in [3.8, 4) is 0 Å². The number of halogens is 2. The van der Waals surface area contributed by atoms with Gasteiger partial charge in [0.05, 0.1) is 0 Å². The van der Waals surface area contributed by atoms with Gasteiger partial charge in [-0.1, -0.05) is 0 Å². The predicted octanol–water partition coefficient (Wildman–Crippen LogP) is -2.64.